The van der Waals surface area contributed by atoms with E-state index in [0.29, 0.717) is 5.69 Å². The van der Waals surface area contributed by atoms with Crippen LogP contribution in [-0.4, -0.2) is 14.7 Å². The first-order valence-electron chi connectivity index (χ1n) is 5.53. The zero-order valence-electron chi connectivity index (χ0n) is 10.2. The van der Waals surface area contributed by atoms with E-state index in [-0.39, 0.29) is 0 Å². The zero-order chi connectivity index (χ0) is 13.9. The molecule has 0 aromatic heterocycles. The van der Waals surface area contributed by atoms with Crippen molar-refractivity contribution in [2.24, 2.45) is 0 Å². The van der Waals surface area contributed by atoms with Crippen molar-refractivity contribution in [2.45, 2.75) is 0 Å². The monoisotopic (exact) mass is 340 g/mol. The standard InChI is InChI=1S/C13H13BrN2O2S/c1-19(17,18)16-11-8-6-10(7-9-11)15-13-5-3-2-4-12(13)14/h2-9,15-16H,1H3. The van der Waals surface area contributed by atoms with E-state index in [1.54, 1.807) is 12.1 Å². The molecule has 0 atom stereocenters. The minimum absolute atomic E-state index is 0.542. The Hall–Kier alpha value is -1.53. The average molecular weight is 341 g/mol. The molecule has 0 aliphatic rings. The normalized spacial score (nSPS) is 11.1. The fourth-order valence-electron chi connectivity index (χ4n) is 1.55. The molecule has 0 unspecified atom stereocenters. The summed E-state index contributed by atoms with van der Waals surface area (Å²) in [5, 5.41) is 3.24. The van der Waals surface area contributed by atoms with Crippen LogP contribution < -0.4 is 10.0 Å². The van der Waals surface area contributed by atoms with Gasteiger partial charge < -0.3 is 5.32 Å². The number of sulfonamides is 1. The van der Waals surface area contributed by atoms with Crippen LogP contribution in [0.2, 0.25) is 0 Å². The molecule has 100 valence electrons. The second-order valence-corrected chi connectivity index (χ2v) is 6.66. The quantitative estimate of drug-likeness (QED) is 0.894. The fraction of sp³-hybridized carbons (Fsp3) is 0.0769. The second kappa shape index (κ2) is 5.63. The van der Waals surface area contributed by atoms with Crippen molar-refractivity contribution in [1.82, 2.24) is 0 Å². The van der Waals surface area contributed by atoms with E-state index < -0.39 is 10.0 Å². The molecule has 0 amide bonds. The molecule has 0 radical (unpaired) electrons. The van der Waals surface area contributed by atoms with Gasteiger partial charge in [-0.15, -0.1) is 0 Å². The molecule has 4 nitrogen and oxygen atoms in total. The van der Waals surface area contributed by atoms with E-state index in [4.69, 9.17) is 0 Å². The van der Waals surface area contributed by atoms with Crippen LogP contribution in [0.5, 0.6) is 0 Å². The molecular weight excluding hydrogens is 328 g/mol. The van der Waals surface area contributed by atoms with Crippen molar-refractivity contribution in [3.05, 3.63) is 53.0 Å². The zero-order valence-corrected chi connectivity index (χ0v) is 12.6. The smallest absolute Gasteiger partial charge is 0.229 e. The Labute approximate surface area is 121 Å². The van der Waals surface area contributed by atoms with Crippen molar-refractivity contribution >= 4 is 43.0 Å². The summed E-state index contributed by atoms with van der Waals surface area (Å²) in [7, 11) is -3.23. The first-order valence-corrected chi connectivity index (χ1v) is 8.22. The van der Waals surface area contributed by atoms with Gasteiger partial charge in [0.05, 0.1) is 11.9 Å². The molecule has 0 aliphatic heterocycles. The Kier molecular flexibility index (Phi) is 4.11. The van der Waals surface area contributed by atoms with Gasteiger partial charge in [0.1, 0.15) is 0 Å². The van der Waals surface area contributed by atoms with E-state index in [1.807, 2.05) is 36.4 Å². The molecule has 0 spiro atoms. The Morgan fingerprint density at radius 2 is 1.53 bits per heavy atom. The Bertz CT molecular complexity index is 669. The van der Waals surface area contributed by atoms with Gasteiger partial charge in [-0.25, -0.2) is 8.42 Å². The maximum Gasteiger partial charge on any atom is 0.229 e. The Morgan fingerprint density at radius 1 is 0.947 bits per heavy atom. The summed E-state index contributed by atoms with van der Waals surface area (Å²) in [5.74, 6) is 0. The van der Waals surface area contributed by atoms with E-state index in [0.717, 1.165) is 22.1 Å². The topological polar surface area (TPSA) is 58.2 Å². The summed E-state index contributed by atoms with van der Waals surface area (Å²) in [6, 6.07) is 14.8. The summed E-state index contributed by atoms with van der Waals surface area (Å²) < 4.78 is 25.6. The van der Waals surface area contributed by atoms with Crippen molar-refractivity contribution in [3.8, 4) is 0 Å². The van der Waals surface area contributed by atoms with E-state index in [2.05, 4.69) is 26.0 Å². The van der Waals surface area contributed by atoms with Gasteiger partial charge in [-0.05, 0) is 52.3 Å². The first kappa shape index (κ1) is 13.9. The fourth-order valence-corrected chi connectivity index (χ4v) is 2.50. The molecular formula is C13H13BrN2O2S. The molecule has 0 bridgehead atoms. The van der Waals surface area contributed by atoms with E-state index in [9.17, 15) is 8.42 Å². The third-order valence-electron chi connectivity index (χ3n) is 2.34. The van der Waals surface area contributed by atoms with Gasteiger partial charge >= 0.3 is 0 Å². The maximum absolute atomic E-state index is 11.1. The van der Waals surface area contributed by atoms with Crippen LogP contribution in [0.4, 0.5) is 17.1 Å². The van der Waals surface area contributed by atoms with Crippen LogP contribution in [0.3, 0.4) is 0 Å². The second-order valence-electron chi connectivity index (χ2n) is 4.06. The summed E-state index contributed by atoms with van der Waals surface area (Å²) in [4.78, 5) is 0. The lowest BCUT2D eigenvalue weighted by Gasteiger charge is -2.09. The Balaban J connectivity index is 2.13. The first-order chi connectivity index (χ1) is 8.94. The predicted molar refractivity (Wildman–Crippen MR) is 82.3 cm³/mol. The van der Waals surface area contributed by atoms with E-state index in [1.165, 1.54) is 0 Å². The molecule has 6 heteroatoms. The minimum Gasteiger partial charge on any atom is -0.355 e. The van der Waals surface area contributed by atoms with Crippen molar-refractivity contribution in [1.29, 1.82) is 0 Å². The lowest BCUT2D eigenvalue weighted by molar-refractivity contribution is 0.607. The highest BCUT2D eigenvalue weighted by atomic mass is 79.9. The summed E-state index contributed by atoms with van der Waals surface area (Å²) >= 11 is 3.45. The predicted octanol–water partition coefficient (Wildman–Crippen LogP) is 3.56. The number of benzene rings is 2. The van der Waals surface area contributed by atoms with Gasteiger partial charge in [0, 0.05) is 15.8 Å². The maximum atomic E-state index is 11.1. The van der Waals surface area contributed by atoms with Crippen LogP contribution in [-0.2, 0) is 10.0 Å². The van der Waals surface area contributed by atoms with Crippen LogP contribution in [0.1, 0.15) is 0 Å². The van der Waals surface area contributed by atoms with Crippen LogP contribution >= 0.6 is 15.9 Å². The third kappa shape index (κ3) is 4.25. The van der Waals surface area contributed by atoms with E-state index >= 15 is 0 Å². The highest BCUT2D eigenvalue weighted by Gasteiger charge is 2.02. The average Bonchev–Trinajstić information content (AvgIpc) is 2.33. The van der Waals surface area contributed by atoms with Gasteiger partial charge in [0.2, 0.25) is 10.0 Å². The van der Waals surface area contributed by atoms with Crippen LogP contribution in [0, 0.1) is 0 Å². The van der Waals surface area contributed by atoms with Crippen LogP contribution in [0.15, 0.2) is 53.0 Å². The molecule has 0 aliphatic carbocycles. The molecule has 19 heavy (non-hydrogen) atoms. The largest absolute Gasteiger partial charge is 0.355 e. The molecule has 0 heterocycles. The highest BCUT2D eigenvalue weighted by molar-refractivity contribution is 9.10. The van der Waals surface area contributed by atoms with Gasteiger partial charge in [-0.1, -0.05) is 12.1 Å². The molecule has 2 N–H and O–H groups in total. The number of anilines is 3. The summed E-state index contributed by atoms with van der Waals surface area (Å²) in [6.45, 7) is 0. The van der Waals surface area contributed by atoms with Crippen molar-refractivity contribution in [3.63, 3.8) is 0 Å². The van der Waals surface area contributed by atoms with Gasteiger partial charge in [0.15, 0.2) is 0 Å². The lowest BCUT2D eigenvalue weighted by Crippen LogP contribution is -2.09. The molecule has 0 fully saturated rings. The van der Waals surface area contributed by atoms with Crippen LogP contribution in [0.25, 0.3) is 0 Å². The summed E-state index contributed by atoms with van der Waals surface area (Å²) in [6.07, 6.45) is 1.13. The molecule has 2 rings (SSSR count). The van der Waals surface area contributed by atoms with Crippen molar-refractivity contribution in [2.75, 3.05) is 16.3 Å². The number of hydrogen-bond donors (Lipinski definition) is 2. The van der Waals surface area contributed by atoms with Gasteiger partial charge in [-0.3, -0.25) is 4.72 Å². The SMILES string of the molecule is CS(=O)(=O)Nc1ccc(Nc2ccccc2Br)cc1. The third-order valence-corrected chi connectivity index (χ3v) is 3.64. The van der Waals surface area contributed by atoms with Gasteiger partial charge in [0.25, 0.3) is 0 Å². The Morgan fingerprint density at radius 3 is 2.11 bits per heavy atom. The number of hydrogen-bond acceptors (Lipinski definition) is 3. The number of para-hydroxylation sites is 1. The molecule has 0 saturated carbocycles. The summed E-state index contributed by atoms with van der Waals surface area (Å²) in [5.41, 5.74) is 2.37. The highest BCUT2D eigenvalue weighted by Crippen LogP contribution is 2.26. The number of rotatable bonds is 4. The van der Waals surface area contributed by atoms with Gasteiger partial charge in [-0.2, -0.15) is 0 Å². The lowest BCUT2D eigenvalue weighted by atomic mass is 10.2. The number of nitrogens with one attached hydrogen (secondary N) is 2. The molecule has 2 aromatic carbocycles. The van der Waals surface area contributed by atoms with Crippen molar-refractivity contribution < 1.29 is 8.42 Å². The minimum atomic E-state index is -3.23. The number of halogens is 1. The molecule has 2 aromatic rings. The molecule has 0 saturated heterocycles.